The molecule has 6 N–H and O–H groups in total. The van der Waals surface area contributed by atoms with Gasteiger partial charge in [0, 0.05) is 31.8 Å². The first-order valence-electron chi connectivity index (χ1n) is 12.7. The number of anilines is 1. The molecule has 0 saturated heterocycles. The van der Waals surface area contributed by atoms with Crippen molar-refractivity contribution in [2.45, 2.75) is 58.5 Å². The molecule has 2 amide bonds. The van der Waals surface area contributed by atoms with Gasteiger partial charge >= 0.3 is 6.09 Å². The Morgan fingerprint density at radius 2 is 1.80 bits per heavy atom. The van der Waals surface area contributed by atoms with Gasteiger partial charge in [-0.2, -0.15) is 0 Å². The minimum absolute atomic E-state index is 0.0171. The van der Waals surface area contributed by atoms with E-state index in [1.54, 1.807) is 52.0 Å². The van der Waals surface area contributed by atoms with Gasteiger partial charge in [-0.25, -0.2) is 4.79 Å². The van der Waals surface area contributed by atoms with E-state index in [1.807, 2.05) is 0 Å². The number of aliphatic hydroxyl groups excluding tert-OH is 1. The van der Waals surface area contributed by atoms with E-state index in [0.717, 1.165) is 0 Å². The predicted octanol–water partition coefficient (Wildman–Crippen LogP) is 3.79. The van der Waals surface area contributed by atoms with Crippen LogP contribution in [0.2, 0.25) is 0 Å². The molecule has 1 aromatic carbocycles. The number of hydrogen-bond acceptors (Lipinski definition) is 9. The molecule has 220 valence electrons. The molecule has 5 atom stereocenters. The number of phenols is 2. The summed E-state index contributed by atoms with van der Waals surface area (Å²) in [6, 6.07) is 1.19. The quantitative estimate of drug-likeness (QED) is 0.209. The van der Waals surface area contributed by atoms with Crippen molar-refractivity contribution in [3.05, 3.63) is 52.7 Å². The van der Waals surface area contributed by atoms with Crippen molar-refractivity contribution in [3.63, 3.8) is 0 Å². The zero-order valence-corrected chi connectivity index (χ0v) is 23.9. The summed E-state index contributed by atoms with van der Waals surface area (Å²) < 4.78 is 21.8. The summed E-state index contributed by atoms with van der Waals surface area (Å²) in [4.78, 5) is 24.6. The van der Waals surface area contributed by atoms with Crippen molar-refractivity contribution in [2.75, 3.05) is 26.6 Å². The average Bonchev–Trinajstić information content (AvgIpc) is 2.90. The molecule has 40 heavy (non-hydrogen) atoms. The number of amides is 2. The number of allylic oxidation sites excluding steroid dienone is 2. The lowest BCUT2D eigenvalue weighted by Gasteiger charge is -2.28. The average molecular weight is 561 g/mol. The molecule has 0 radical (unpaired) electrons. The number of nitrogens with one attached hydrogen (secondary N) is 1. The lowest BCUT2D eigenvalue weighted by molar-refractivity contribution is -0.112. The summed E-state index contributed by atoms with van der Waals surface area (Å²) in [5.41, 5.74) is 6.98. The van der Waals surface area contributed by atoms with E-state index in [-0.39, 0.29) is 40.5 Å². The second-order valence-electron chi connectivity index (χ2n) is 9.71. The molecule has 2 rings (SSSR count). The molecule has 0 aromatic heterocycles. The van der Waals surface area contributed by atoms with Crippen molar-refractivity contribution in [3.8, 4) is 17.2 Å². The van der Waals surface area contributed by atoms with Crippen LogP contribution < -0.4 is 15.8 Å². The third-order valence-electron chi connectivity index (χ3n) is 6.65. The summed E-state index contributed by atoms with van der Waals surface area (Å²) in [5.74, 6) is -1.57. The van der Waals surface area contributed by atoms with Gasteiger partial charge in [-0.05, 0) is 38.8 Å². The van der Waals surface area contributed by atoms with E-state index >= 15 is 0 Å². The Balaban J connectivity index is 2.72. The highest BCUT2D eigenvalue weighted by atomic mass is 16.6. The number of benzene rings is 1. The SMILES string of the molecule is COc1c(O)cc2c(O)c1C=C(C)C[C@H](OC)[C@H](O)[C@@H](C)C=C(C)[C@H](OC(N)=O)[C@@H](OC)C=CC=C(C)C(=O)N2. The second kappa shape index (κ2) is 14.5. The minimum atomic E-state index is -0.998. The number of nitrogens with two attached hydrogens (primary N) is 1. The van der Waals surface area contributed by atoms with Crippen LogP contribution in [-0.4, -0.2) is 73.1 Å². The maximum atomic E-state index is 12.9. The molecule has 0 unspecified atom stereocenters. The van der Waals surface area contributed by atoms with Crippen molar-refractivity contribution < 1.29 is 43.9 Å². The summed E-state index contributed by atoms with van der Waals surface area (Å²) in [7, 11) is 4.25. The lowest BCUT2D eigenvalue weighted by Crippen LogP contribution is -2.36. The van der Waals surface area contributed by atoms with Gasteiger partial charge in [0.1, 0.15) is 11.9 Å². The number of fused-ring (bicyclic) bond motifs is 2. The van der Waals surface area contributed by atoms with Crippen molar-refractivity contribution in [1.29, 1.82) is 0 Å². The van der Waals surface area contributed by atoms with Crippen LogP contribution >= 0.6 is 0 Å². The van der Waals surface area contributed by atoms with E-state index in [1.165, 1.54) is 33.5 Å². The molecule has 1 aliphatic heterocycles. The molecular weight excluding hydrogens is 520 g/mol. The first-order valence-corrected chi connectivity index (χ1v) is 12.7. The molecule has 0 fully saturated rings. The zero-order valence-electron chi connectivity index (χ0n) is 23.9. The fraction of sp³-hybridized carbons (Fsp3) is 0.448. The maximum Gasteiger partial charge on any atom is 0.405 e. The van der Waals surface area contributed by atoms with Crippen molar-refractivity contribution >= 4 is 23.8 Å². The van der Waals surface area contributed by atoms with Crippen LogP contribution in [0.5, 0.6) is 17.2 Å². The number of ether oxygens (including phenoxy) is 4. The number of aliphatic hydroxyl groups is 1. The summed E-state index contributed by atoms with van der Waals surface area (Å²) in [5, 5.41) is 35.3. The fourth-order valence-electron chi connectivity index (χ4n) is 4.47. The molecule has 0 spiro atoms. The van der Waals surface area contributed by atoms with Gasteiger partial charge < -0.3 is 45.3 Å². The monoisotopic (exact) mass is 560 g/mol. The Bertz CT molecular complexity index is 1200. The summed E-state index contributed by atoms with van der Waals surface area (Å²) in [6.45, 7) is 6.86. The fourth-order valence-corrected chi connectivity index (χ4v) is 4.47. The van der Waals surface area contributed by atoms with Gasteiger partial charge in [0.2, 0.25) is 0 Å². The van der Waals surface area contributed by atoms with E-state index in [0.29, 0.717) is 11.1 Å². The predicted molar refractivity (Wildman–Crippen MR) is 151 cm³/mol. The largest absolute Gasteiger partial charge is 0.505 e. The Labute approximate surface area is 234 Å². The Kier molecular flexibility index (Phi) is 11.8. The van der Waals surface area contributed by atoms with E-state index in [9.17, 15) is 24.9 Å². The third kappa shape index (κ3) is 8.10. The number of carbonyl (C=O) groups is 2. The van der Waals surface area contributed by atoms with Crippen LogP contribution in [0.1, 0.15) is 39.7 Å². The molecule has 0 aliphatic carbocycles. The molecule has 1 heterocycles. The molecular formula is C29H40N2O9. The van der Waals surface area contributed by atoms with Crippen LogP contribution in [0.25, 0.3) is 6.08 Å². The number of phenolic OH excluding ortho intramolecular Hbond substituents is 2. The minimum Gasteiger partial charge on any atom is -0.505 e. The van der Waals surface area contributed by atoms with Gasteiger partial charge in [-0.15, -0.1) is 0 Å². The number of methoxy groups -OCH3 is 3. The standard InChI is InChI=1S/C29H40N2O9/c1-15-11-19-25(34)20(14-21(32)27(19)39-7)31-28(35)16(2)9-8-10-22(37-5)26(40-29(30)36)18(4)13-17(3)24(33)23(12-15)38-6/h8-11,13-14,17,22-24,26,32-34H,12H2,1-7H3,(H2,30,36)(H,31,35)/t17-,22-,23-,24+,26-/m0/s1. The molecule has 0 saturated carbocycles. The number of hydrogen-bond donors (Lipinski definition) is 5. The van der Waals surface area contributed by atoms with Gasteiger partial charge in [0.15, 0.2) is 17.6 Å². The highest BCUT2D eigenvalue weighted by molar-refractivity contribution is 6.05. The molecule has 2 bridgehead atoms. The van der Waals surface area contributed by atoms with Crippen LogP contribution in [-0.2, 0) is 19.0 Å². The number of carbonyl (C=O) groups excluding carboxylic acids is 2. The van der Waals surface area contributed by atoms with Gasteiger partial charge in [0.05, 0.1) is 30.6 Å². The smallest absolute Gasteiger partial charge is 0.405 e. The topological polar surface area (TPSA) is 170 Å². The van der Waals surface area contributed by atoms with E-state index in [4.69, 9.17) is 24.7 Å². The molecule has 1 aromatic rings. The highest BCUT2D eigenvalue weighted by Gasteiger charge is 2.29. The third-order valence-corrected chi connectivity index (χ3v) is 6.65. The number of aromatic hydroxyl groups is 2. The van der Waals surface area contributed by atoms with Crippen LogP contribution in [0.15, 0.2) is 47.1 Å². The van der Waals surface area contributed by atoms with Gasteiger partial charge in [-0.1, -0.05) is 36.8 Å². The number of primary amides is 1. The van der Waals surface area contributed by atoms with Crippen LogP contribution in [0.3, 0.4) is 0 Å². The lowest BCUT2D eigenvalue weighted by atomic mass is 9.91. The Morgan fingerprint density at radius 1 is 1.12 bits per heavy atom. The Morgan fingerprint density at radius 3 is 2.38 bits per heavy atom. The maximum absolute atomic E-state index is 12.9. The first kappa shape index (κ1) is 32.4. The van der Waals surface area contributed by atoms with Gasteiger partial charge in [-0.3, -0.25) is 4.79 Å². The Hall–Kier alpha value is -3.80. The van der Waals surface area contributed by atoms with E-state index in [2.05, 4.69) is 5.32 Å². The van der Waals surface area contributed by atoms with Crippen molar-refractivity contribution in [2.24, 2.45) is 11.7 Å². The molecule has 11 nitrogen and oxygen atoms in total. The van der Waals surface area contributed by atoms with Crippen LogP contribution in [0.4, 0.5) is 10.5 Å². The second-order valence-corrected chi connectivity index (χ2v) is 9.71. The first-order chi connectivity index (χ1) is 18.8. The van der Waals surface area contributed by atoms with E-state index < -0.39 is 42.3 Å². The van der Waals surface area contributed by atoms with Gasteiger partial charge in [0.25, 0.3) is 5.91 Å². The molecule has 1 aliphatic rings. The van der Waals surface area contributed by atoms with Crippen LogP contribution in [0, 0.1) is 5.92 Å². The summed E-state index contributed by atoms with van der Waals surface area (Å²) in [6.07, 6.45) is 3.94. The molecule has 11 heteroatoms. The highest BCUT2D eigenvalue weighted by Crippen LogP contribution is 2.43. The zero-order chi connectivity index (χ0) is 30.1. The summed E-state index contributed by atoms with van der Waals surface area (Å²) >= 11 is 0. The normalized spacial score (nSPS) is 24.9. The number of rotatable bonds is 4. The van der Waals surface area contributed by atoms with Crippen molar-refractivity contribution in [1.82, 2.24) is 0 Å².